The number of hydrogen-bond donors (Lipinski definition) is 1. The fourth-order valence-corrected chi connectivity index (χ4v) is 2.25. The Morgan fingerprint density at radius 3 is 2.63 bits per heavy atom. The molecule has 0 fully saturated rings. The first-order valence-electron chi connectivity index (χ1n) is 5.84. The average molecular weight is 332 g/mol. The maximum Gasteiger partial charge on any atom is 0.305 e. The molecule has 0 saturated carbocycles. The van der Waals surface area contributed by atoms with Gasteiger partial charge in [-0.3, -0.25) is 9.59 Å². The van der Waals surface area contributed by atoms with Crippen molar-refractivity contribution < 1.29 is 19.1 Å². The van der Waals surface area contributed by atoms with Crippen molar-refractivity contribution in [3.8, 4) is 0 Å². The van der Waals surface area contributed by atoms with Crippen LogP contribution in [0.25, 0.3) is 0 Å². The fraction of sp³-hybridized carbons (Fsp3) is 0.385. The first-order chi connectivity index (χ1) is 8.86. The van der Waals surface area contributed by atoms with Gasteiger partial charge in [-0.15, -0.1) is 0 Å². The van der Waals surface area contributed by atoms with Gasteiger partial charge in [-0.2, -0.15) is 0 Å². The summed E-state index contributed by atoms with van der Waals surface area (Å²) in [5, 5.41) is 8.77. The minimum atomic E-state index is -0.975. The third-order valence-corrected chi connectivity index (χ3v) is 3.45. The molecular weight excluding hydrogens is 317 g/mol. The van der Waals surface area contributed by atoms with E-state index in [1.54, 1.807) is 13.8 Å². The van der Waals surface area contributed by atoms with Crippen LogP contribution in [-0.2, 0) is 4.79 Å². The molecule has 0 radical (unpaired) electrons. The van der Waals surface area contributed by atoms with Gasteiger partial charge in [-0.05, 0) is 48.0 Å². The van der Waals surface area contributed by atoms with Gasteiger partial charge in [0.25, 0.3) is 5.91 Å². The van der Waals surface area contributed by atoms with Crippen LogP contribution in [0.2, 0.25) is 0 Å². The van der Waals surface area contributed by atoms with Gasteiger partial charge in [0.15, 0.2) is 0 Å². The number of carboxylic acids is 1. The highest BCUT2D eigenvalue weighted by atomic mass is 79.9. The largest absolute Gasteiger partial charge is 0.481 e. The first-order valence-corrected chi connectivity index (χ1v) is 6.64. The SMILES string of the molecule is CCN(C(=O)c1cc(F)ccc1Br)C(C)CC(=O)O. The number of amides is 1. The maximum absolute atomic E-state index is 13.2. The molecule has 0 saturated heterocycles. The lowest BCUT2D eigenvalue weighted by molar-refractivity contribution is -0.138. The van der Waals surface area contributed by atoms with E-state index in [0.717, 1.165) is 6.07 Å². The Kier molecular flexibility index (Phi) is 5.47. The number of carboxylic acid groups (broad SMARTS) is 1. The highest BCUT2D eigenvalue weighted by Gasteiger charge is 2.23. The number of halogens is 2. The minimum absolute atomic E-state index is 0.146. The van der Waals surface area contributed by atoms with Gasteiger partial charge in [0.2, 0.25) is 0 Å². The zero-order valence-electron chi connectivity index (χ0n) is 10.7. The summed E-state index contributed by atoms with van der Waals surface area (Å²) >= 11 is 3.20. The van der Waals surface area contributed by atoms with E-state index in [2.05, 4.69) is 15.9 Å². The quantitative estimate of drug-likeness (QED) is 0.902. The molecule has 0 aliphatic rings. The number of hydrogen-bond acceptors (Lipinski definition) is 2. The van der Waals surface area contributed by atoms with Crippen molar-refractivity contribution in [3.05, 3.63) is 34.1 Å². The number of carbonyl (C=O) groups excluding carboxylic acids is 1. The summed E-state index contributed by atoms with van der Waals surface area (Å²) < 4.78 is 13.7. The molecule has 1 atom stereocenters. The molecule has 1 aromatic rings. The number of benzene rings is 1. The number of nitrogens with zero attached hydrogens (tertiary/aromatic N) is 1. The summed E-state index contributed by atoms with van der Waals surface area (Å²) in [6.07, 6.45) is -0.146. The van der Waals surface area contributed by atoms with Crippen molar-refractivity contribution in [2.45, 2.75) is 26.3 Å². The Balaban J connectivity index is 3.01. The molecule has 0 aliphatic heterocycles. The highest BCUT2D eigenvalue weighted by molar-refractivity contribution is 9.10. The Morgan fingerprint density at radius 1 is 1.47 bits per heavy atom. The second kappa shape index (κ2) is 6.65. The smallest absolute Gasteiger partial charge is 0.305 e. The Morgan fingerprint density at radius 2 is 2.11 bits per heavy atom. The van der Waals surface area contributed by atoms with Crippen LogP contribution in [0.15, 0.2) is 22.7 Å². The van der Waals surface area contributed by atoms with Crippen molar-refractivity contribution in [1.82, 2.24) is 4.90 Å². The summed E-state index contributed by atoms with van der Waals surface area (Å²) in [7, 11) is 0. The van der Waals surface area contributed by atoms with Gasteiger partial charge in [0.1, 0.15) is 5.82 Å². The zero-order valence-corrected chi connectivity index (χ0v) is 12.3. The summed E-state index contributed by atoms with van der Waals surface area (Å²) in [6, 6.07) is 3.39. The first kappa shape index (κ1) is 15.6. The fourth-order valence-electron chi connectivity index (χ4n) is 1.83. The maximum atomic E-state index is 13.2. The van der Waals surface area contributed by atoms with E-state index in [0.29, 0.717) is 11.0 Å². The minimum Gasteiger partial charge on any atom is -0.481 e. The van der Waals surface area contributed by atoms with Crippen LogP contribution >= 0.6 is 15.9 Å². The molecule has 0 aliphatic carbocycles. The predicted octanol–water partition coefficient (Wildman–Crippen LogP) is 2.91. The molecular formula is C13H15BrFNO3. The van der Waals surface area contributed by atoms with Crippen LogP contribution < -0.4 is 0 Å². The molecule has 1 aromatic carbocycles. The molecule has 4 nitrogen and oxygen atoms in total. The molecule has 0 bridgehead atoms. The second-order valence-corrected chi connectivity index (χ2v) is 5.02. The van der Waals surface area contributed by atoms with Crippen LogP contribution in [0.4, 0.5) is 4.39 Å². The molecule has 0 aromatic heterocycles. The molecule has 0 spiro atoms. The van der Waals surface area contributed by atoms with Gasteiger partial charge < -0.3 is 10.0 Å². The van der Waals surface area contributed by atoms with Gasteiger partial charge >= 0.3 is 5.97 Å². The lowest BCUT2D eigenvalue weighted by Gasteiger charge is -2.27. The van der Waals surface area contributed by atoms with Gasteiger partial charge in [0, 0.05) is 17.1 Å². The van der Waals surface area contributed by atoms with Crippen molar-refractivity contribution >= 4 is 27.8 Å². The molecule has 1 amide bonds. The van der Waals surface area contributed by atoms with Crippen LogP contribution in [0.3, 0.4) is 0 Å². The van der Waals surface area contributed by atoms with Crippen LogP contribution in [-0.4, -0.2) is 34.5 Å². The van der Waals surface area contributed by atoms with E-state index in [-0.39, 0.29) is 17.9 Å². The van der Waals surface area contributed by atoms with E-state index >= 15 is 0 Å². The third-order valence-electron chi connectivity index (χ3n) is 2.76. The van der Waals surface area contributed by atoms with Crippen LogP contribution in [0.5, 0.6) is 0 Å². The van der Waals surface area contributed by atoms with E-state index < -0.39 is 17.8 Å². The molecule has 1 rings (SSSR count). The standard InChI is InChI=1S/C13H15BrFNO3/c1-3-16(8(2)6-12(17)18)13(19)10-7-9(15)4-5-11(10)14/h4-5,7-8H,3,6H2,1-2H3,(H,17,18). The van der Waals surface area contributed by atoms with Crippen molar-refractivity contribution in [3.63, 3.8) is 0 Å². The van der Waals surface area contributed by atoms with Crippen LogP contribution in [0, 0.1) is 5.82 Å². The monoisotopic (exact) mass is 331 g/mol. The number of aliphatic carboxylic acids is 1. The second-order valence-electron chi connectivity index (χ2n) is 4.16. The lowest BCUT2D eigenvalue weighted by atomic mass is 10.1. The molecule has 0 heterocycles. The Hall–Kier alpha value is -1.43. The highest BCUT2D eigenvalue weighted by Crippen LogP contribution is 2.21. The van der Waals surface area contributed by atoms with Crippen molar-refractivity contribution in [1.29, 1.82) is 0 Å². The molecule has 19 heavy (non-hydrogen) atoms. The number of rotatable bonds is 5. The summed E-state index contributed by atoms with van der Waals surface area (Å²) in [5.74, 6) is -1.87. The van der Waals surface area contributed by atoms with Gasteiger partial charge in [-0.1, -0.05) is 0 Å². The van der Waals surface area contributed by atoms with E-state index in [1.165, 1.54) is 17.0 Å². The van der Waals surface area contributed by atoms with Gasteiger partial charge in [0.05, 0.1) is 12.0 Å². The Labute approximate surface area is 119 Å². The molecule has 6 heteroatoms. The summed E-state index contributed by atoms with van der Waals surface area (Å²) in [5.41, 5.74) is 0.194. The molecule has 1 unspecified atom stereocenters. The summed E-state index contributed by atoms with van der Waals surface area (Å²) in [4.78, 5) is 24.4. The van der Waals surface area contributed by atoms with Crippen molar-refractivity contribution in [2.75, 3.05) is 6.54 Å². The average Bonchev–Trinajstić information content (AvgIpc) is 2.32. The normalized spacial score (nSPS) is 12.0. The Bertz CT molecular complexity index is 493. The van der Waals surface area contributed by atoms with E-state index in [4.69, 9.17) is 5.11 Å². The predicted molar refractivity (Wildman–Crippen MR) is 72.5 cm³/mol. The van der Waals surface area contributed by atoms with Crippen molar-refractivity contribution in [2.24, 2.45) is 0 Å². The zero-order chi connectivity index (χ0) is 14.6. The third kappa shape index (κ3) is 4.02. The topological polar surface area (TPSA) is 57.6 Å². The van der Waals surface area contributed by atoms with E-state index in [9.17, 15) is 14.0 Å². The summed E-state index contributed by atoms with van der Waals surface area (Å²) in [6.45, 7) is 3.77. The van der Waals surface area contributed by atoms with Gasteiger partial charge in [-0.25, -0.2) is 4.39 Å². The number of carbonyl (C=O) groups is 2. The lowest BCUT2D eigenvalue weighted by Crippen LogP contribution is -2.39. The van der Waals surface area contributed by atoms with E-state index in [1.807, 2.05) is 0 Å². The molecule has 104 valence electrons. The molecule has 1 N–H and O–H groups in total. The van der Waals surface area contributed by atoms with Crippen LogP contribution in [0.1, 0.15) is 30.6 Å².